The molecule has 1 saturated carbocycles. The highest BCUT2D eigenvalue weighted by Crippen LogP contribution is 2.24. The van der Waals surface area contributed by atoms with Crippen LogP contribution in [-0.4, -0.2) is 27.5 Å². The molecule has 1 aromatic heterocycles. The van der Waals surface area contributed by atoms with E-state index in [1.807, 2.05) is 24.3 Å². The molecule has 116 valence electrons. The highest BCUT2D eigenvalue weighted by Gasteiger charge is 2.25. The molecule has 1 aromatic carbocycles. The molecule has 2 N–H and O–H groups in total. The minimum absolute atomic E-state index is 0.0179. The molecule has 0 saturated heterocycles. The summed E-state index contributed by atoms with van der Waals surface area (Å²) in [4.78, 5) is 28.5. The average Bonchev–Trinajstić information content (AvgIpc) is 3.17. The van der Waals surface area contributed by atoms with Gasteiger partial charge in [-0.15, -0.1) is 0 Å². The molecule has 1 aliphatic carbocycles. The molecule has 6 heteroatoms. The van der Waals surface area contributed by atoms with Gasteiger partial charge >= 0.3 is 0 Å². The molecule has 6 nitrogen and oxygen atoms in total. The number of hydrogen-bond donors (Lipinski definition) is 2. The Morgan fingerprint density at radius 2 is 2.00 bits per heavy atom. The molecular formula is C16H20N4O2. The van der Waals surface area contributed by atoms with Crippen LogP contribution < -0.4 is 10.7 Å². The summed E-state index contributed by atoms with van der Waals surface area (Å²) in [5, 5.41) is 2.80. The first kappa shape index (κ1) is 14.6. The zero-order valence-corrected chi connectivity index (χ0v) is 12.6. The predicted octanol–water partition coefficient (Wildman–Crippen LogP) is 1.80. The SMILES string of the molecule is C[C@@H](NC(=O)C1CCCC1)C(=O)Nn1cnc2ccccc21. The van der Waals surface area contributed by atoms with Crippen molar-refractivity contribution in [2.75, 3.05) is 5.43 Å². The normalized spacial score (nSPS) is 16.6. The zero-order valence-electron chi connectivity index (χ0n) is 12.6. The lowest BCUT2D eigenvalue weighted by Gasteiger charge is -2.17. The van der Waals surface area contributed by atoms with Crippen LogP contribution >= 0.6 is 0 Å². The number of imidazole rings is 1. The van der Waals surface area contributed by atoms with Crippen LogP contribution in [0.25, 0.3) is 11.0 Å². The summed E-state index contributed by atoms with van der Waals surface area (Å²) < 4.78 is 1.58. The molecule has 2 amide bonds. The molecule has 0 spiro atoms. The summed E-state index contributed by atoms with van der Waals surface area (Å²) >= 11 is 0. The van der Waals surface area contributed by atoms with Crippen LogP contribution in [0.5, 0.6) is 0 Å². The number of hydrogen-bond acceptors (Lipinski definition) is 3. The number of benzene rings is 1. The highest BCUT2D eigenvalue weighted by atomic mass is 16.2. The Morgan fingerprint density at radius 3 is 2.77 bits per heavy atom. The van der Waals surface area contributed by atoms with Gasteiger partial charge < -0.3 is 5.32 Å². The van der Waals surface area contributed by atoms with Crippen LogP contribution in [0.15, 0.2) is 30.6 Å². The topological polar surface area (TPSA) is 76.0 Å². The summed E-state index contributed by atoms with van der Waals surface area (Å²) in [5.74, 6) is -0.213. The van der Waals surface area contributed by atoms with Gasteiger partial charge in [-0.1, -0.05) is 25.0 Å². The summed E-state index contributed by atoms with van der Waals surface area (Å²) in [5.41, 5.74) is 4.40. The van der Waals surface area contributed by atoms with E-state index in [9.17, 15) is 9.59 Å². The lowest BCUT2D eigenvalue weighted by Crippen LogP contribution is -2.45. The average molecular weight is 300 g/mol. The molecule has 22 heavy (non-hydrogen) atoms. The van der Waals surface area contributed by atoms with Gasteiger partial charge in [0, 0.05) is 5.92 Å². The molecule has 0 unspecified atom stereocenters. The number of amides is 2. The largest absolute Gasteiger partial charge is 0.344 e. The van der Waals surface area contributed by atoms with E-state index in [1.54, 1.807) is 17.9 Å². The number of para-hydroxylation sites is 2. The van der Waals surface area contributed by atoms with Crippen molar-refractivity contribution in [2.45, 2.75) is 38.6 Å². The van der Waals surface area contributed by atoms with Crippen molar-refractivity contribution >= 4 is 22.8 Å². The van der Waals surface area contributed by atoms with Crippen LogP contribution in [0.3, 0.4) is 0 Å². The summed E-state index contributed by atoms with van der Waals surface area (Å²) in [6, 6.07) is 6.96. The minimum Gasteiger partial charge on any atom is -0.344 e. The molecule has 2 aromatic rings. The third-order valence-corrected chi connectivity index (χ3v) is 4.16. The van der Waals surface area contributed by atoms with E-state index in [4.69, 9.17) is 0 Å². The van der Waals surface area contributed by atoms with Gasteiger partial charge in [-0.25, -0.2) is 9.66 Å². The van der Waals surface area contributed by atoms with Crippen molar-refractivity contribution in [3.05, 3.63) is 30.6 Å². The summed E-state index contributed by atoms with van der Waals surface area (Å²) in [6.07, 6.45) is 5.60. The van der Waals surface area contributed by atoms with Crippen molar-refractivity contribution in [1.29, 1.82) is 0 Å². The van der Waals surface area contributed by atoms with Crippen LogP contribution in [0.4, 0.5) is 0 Å². The molecule has 1 aliphatic rings. The summed E-state index contributed by atoms with van der Waals surface area (Å²) in [7, 11) is 0. The first-order chi connectivity index (χ1) is 10.6. The number of carbonyl (C=O) groups excluding carboxylic acids is 2. The van der Waals surface area contributed by atoms with E-state index < -0.39 is 6.04 Å². The van der Waals surface area contributed by atoms with Crippen LogP contribution in [0.1, 0.15) is 32.6 Å². The number of aromatic nitrogens is 2. The number of nitrogens with one attached hydrogen (secondary N) is 2. The van der Waals surface area contributed by atoms with Crippen molar-refractivity contribution in [3.63, 3.8) is 0 Å². The molecule has 1 fully saturated rings. The third-order valence-electron chi connectivity index (χ3n) is 4.16. The molecule has 0 bridgehead atoms. The van der Waals surface area contributed by atoms with E-state index in [2.05, 4.69) is 15.7 Å². The predicted molar refractivity (Wildman–Crippen MR) is 83.7 cm³/mol. The fourth-order valence-electron chi connectivity index (χ4n) is 2.85. The third kappa shape index (κ3) is 2.95. The van der Waals surface area contributed by atoms with Crippen LogP contribution in [0.2, 0.25) is 0 Å². The molecule has 1 atom stereocenters. The Bertz CT molecular complexity index is 688. The molecule has 3 rings (SSSR count). The van der Waals surface area contributed by atoms with E-state index in [0.29, 0.717) is 0 Å². The highest BCUT2D eigenvalue weighted by molar-refractivity contribution is 5.93. The van der Waals surface area contributed by atoms with Gasteiger partial charge in [-0.2, -0.15) is 0 Å². The summed E-state index contributed by atoms with van der Waals surface area (Å²) in [6.45, 7) is 1.70. The standard InChI is InChI=1S/C16H20N4O2/c1-11(18-16(22)12-6-2-3-7-12)15(21)19-20-10-17-13-8-4-5-9-14(13)20/h4-5,8-12H,2-3,6-7H2,1H3,(H,18,22)(H,19,21)/t11-/m1/s1. The van der Waals surface area contributed by atoms with Gasteiger partial charge in [-0.05, 0) is 31.9 Å². The first-order valence-corrected chi connectivity index (χ1v) is 7.68. The number of carbonyl (C=O) groups is 2. The minimum atomic E-state index is -0.575. The smallest absolute Gasteiger partial charge is 0.261 e. The number of nitrogens with zero attached hydrogens (tertiary/aromatic N) is 2. The Balaban J connectivity index is 1.62. The van der Waals surface area contributed by atoms with Gasteiger partial charge in [0.15, 0.2) is 0 Å². The molecular weight excluding hydrogens is 280 g/mol. The molecule has 1 heterocycles. The maximum Gasteiger partial charge on any atom is 0.261 e. The maximum absolute atomic E-state index is 12.2. The number of fused-ring (bicyclic) bond motifs is 1. The van der Waals surface area contributed by atoms with Gasteiger partial charge in [0.25, 0.3) is 5.91 Å². The van der Waals surface area contributed by atoms with Crippen molar-refractivity contribution in [2.24, 2.45) is 5.92 Å². The Labute approximate surface area is 128 Å². The Kier molecular flexibility index (Phi) is 4.09. The number of rotatable bonds is 4. The van der Waals surface area contributed by atoms with Crippen LogP contribution in [0, 0.1) is 5.92 Å². The van der Waals surface area contributed by atoms with E-state index in [-0.39, 0.29) is 17.7 Å². The monoisotopic (exact) mass is 300 g/mol. The van der Waals surface area contributed by atoms with Gasteiger partial charge in [0.05, 0.1) is 11.0 Å². The Morgan fingerprint density at radius 1 is 1.27 bits per heavy atom. The van der Waals surface area contributed by atoms with E-state index in [0.717, 1.165) is 36.7 Å². The lowest BCUT2D eigenvalue weighted by molar-refractivity contribution is -0.129. The Hall–Kier alpha value is -2.37. The van der Waals surface area contributed by atoms with Gasteiger partial charge in [0.1, 0.15) is 12.4 Å². The fraction of sp³-hybridized carbons (Fsp3) is 0.438. The maximum atomic E-state index is 12.2. The fourth-order valence-corrected chi connectivity index (χ4v) is 2.85. The second-order valence-corrected chi connectivity index (χ2v) is 5.79. The van der Waals surface area contributed by atoms with E-state index >= 15 is 0 Å². The molecule has 0 radical (unpaired) electrons. The first-order valence-electron chi connectivity index (χ1n) is 7.68. The zero-order chi connectivity index (χ0) is 15.5. The lowest BCUT2D eigenvalue weighted by atomic mass is 10.1. The second-order valence-electron chi connectivity index (χ2n) is 5.79. The second kappa shape index (κ2) is 6.17. The van der Waals surface area contributed by atoms with E-state index in [1.165, 1.54) is 0 Å². The van der Waals surface area contributed by atoms with Crippen LogP contribution in [-0.2, 0) is 9.59 Å². The van der Waals surface area contributed by atoms with Crippen molar-refractivity contribution < 1.29 is 9.59 Å². The quantitative estimate of drug-likeness (QED) is 0.904. The van der Waals surface area contributed by atoms with Gasteiger partial charge in [-0.3, -0.25) is 15.0 Å². The van der Waals surface area contributed by atoms with Gasteiger partial charge in [0.2, 0.25) is 5.91 Å². The van der Waals surface area contributed by atoms with Crippen molar-refractivity contribution in [1.82, 2.24) is 15.0 Å². The molecule has 0 aliphatic heterocycles. The van der Waals surface area contributed by atoms with Crippen molar-refractivity contribution in [3.8, 4) is 0 Å².